The Bertz CT molecular complexity index is 499. The van der Waals surface area contributed by atoms with Crippen LogP contribution in [0.1, 0.15) is 25.2 Å². The van der Waals surface area contributed by atoms with E-state index < -0.39 is 0 Å². The van der Waals surface area contributed by atoms with Gasteiger partial charge in [-0.15, -0.1) is 0 Å². The number of hydrogen-bond acceptors (Lipinski definition) is 6. The van der Waals surface area contributed by atoms with E-state index in [0.717, 1.165) is 43.4 Å². The van der Waals surface area contributed by atoms with E-state index in [1.807, 2.05) is 13.8 Å². The van der Waals surface area contributed by atoms with Crippen molar-refractivity contribution < 1.29 is 9.47 Å². The van der Waals surface area contributed by atoms with Crippen LogP contribution in [0.5, 0.6) is 5.88 Å². The molecule has 6 heteroatoms. The summed E-state index contributed by atoms with van der Waals surface area (Å²) < 4.78 is 11.1. The van der Waals surface area contributed by atoms with Gasteiger partial charge in [0.05, 0.1) is 24.9 Å². The van der Waals surface area contributed by atoms with E-state index in [4.69, 9.17) is 9.47 Å². The molecule has 0 N–H and O–H groups in total. The fourth-order valence-corrected chi connectivity index (χ4v) is 3.02. The summed E-state index contributed by atoms with van der Waals surface area (Å²) in [6, 6.07) is 0. The van der Waals surface area contributed by atoms with Gasteiger partial charge in [-0.05, 0) is 27.7 Å². The molecule has 2 rings (SSSR count). The second kappa shape index (κ2) is 7.24. The van der Waals surface area contributed by atoms with Gasteiger partial charge in [-0.3, -0.25) is 4.90 Å². The highest BCUT2D eigenvalue weighted by molar-refractivity contribution is 5.50. The molecule has 6 nitrogen and oxygen atoms in total. The smallest absolute Gasteiger partial charge is 0.221 e. The number of hydrogen-bond donors (Lipinski definition) is 0. The minimum atomic E-state index is 0.303. The summed E-state index contributed by atoms with van der Waals surface area (Å²) in [6.07, 6.45) is 0.606. The first-order valence-electron chi connectivity index (χ1n) is 7.89. The van der Waals surface area contributed by atoms with Crippen LogP contribution in [0.15, 0.2) is 0 Å². The zero-order valence-corrected chi connectivity index (χ0v) is 14.6. The van der Waals surface area contributed by atoms with E-state index in [0.29, 0.717) is 18.1 Å². The van der Waals surface area contributed by atoms with Crippen molar-refractivity contribution in [3.63, 3.8) is 0 Å². The Morgan fingerprint density at radius 2 is 1.86 bits per heavy atom. The molecule has 0 aromatic carbocycles. The van der Waals surface area contributed by atoms with Crippen molar-refractivity contribution in [3.8, 4) is 5.88 Å². The van der Waals surface area contributed by atoms with Gasteiger partial charge in [0, 0.05) is 33.2 Å². The predicted molar refractivity (Wildman–Crippen MR) is 87.8 cm³/mol. The van der Waals surface area contributed by atoms with Crippen molar-refractivity contribution >= 4 is 5.82 Å². The maximum atomic E-state index is 5.78. The lowest BCUT2D eigenvalue weighted by atomic mass is 10.2. The van der Waals surface area contributed by atoms with Crippen LogP contribution in [-0.2, 0) is 4.74 Å². The monoisotopic (exact) mass is 308 g/mol. The molecule has 0 saturated carbocycles. The van der Waals surface area contributed by atoms with Gasteiger partial charge in [0.1, 0.15) is 11.6 Å². The van der Waals surface area contributed by atoms with Crippen LogP contribution in [-0.4, -0.2) is 67.4 Å². The van der Waals surface area contributed by atoms with Crippen molar-refractivity contribution in [1.82, 2.24) is 14.9 Å². The van der Waals surface area contributed by atoms with Crippen LogP contribution < -0.4 is 9.64 Å². The lowest BCUT2D eigenvalue weighted by Crippen LogP contribution is -2.47. The molecule has 1 saturated heterocycles. The summed E-state index contributed by atoms with van der Waals surface area (Å²) in [5, 5.41) is 0. The van der Waals surface area contributed by atoms with Gasteiger partial charge in [0.15, 0.2) is 0 Å². The van der Waals surface area contributed by atoms with Gasteiger partial charge in [0.25, 0.3) is 0 Å². The van der Waals surface area contributed by atoms with Crippen molar-refractivity contribution in [3.05, 3.63) is 11.4 Å². The van der Waals surface area contributed by atoms with E-state index in [1.54, 1.807) is 7.11 Å². The summed E-state index contributed by atoms with van der Waals surface area (Å²) in [6.45, 7) is 12.1. The highest BCUT2D eigenvalue weighted by Crippen LogP contribution is 2.24. The number of morpholine rings is 1. The fraction of sp³-hybridized carbons (Fsp3) is 0.750. The molecule has 22 heavy (non-hydrogen) atoms. The minimum Gasteiger partial charge on any atom is -0.481 e. The van der Waals surface area contributed by atoms with Gasteiger partial charge in [-0.25, -0.2) is 4.98 Å². The molecule has 2 heterocycles. The second-order valence-electron chi connectivity index (χ2n) is 6.17. The number of nitrogens with zero attached hydrogens (tertiary/aromatic N) is 4. The Kier molecular flexibility index (Phi) is 5.58. The lowest BCUT2D eigenvalue weighted by Gasteiger charge is -2.36. The quantitative estimate of drug-likeness (QED) is 0.824. The third-order valence-electron chi connectivity index (χ3n) is 3.99. The average molecular weight is 308 g/mol. The van der Waals surface area contributed by atoms with Gasteiger partial charge in [0.2, 0.25) is 5.88 Å². The molecule has 1 aromatic heterocycles. The number of ether oxygens (including phenoxy) is 2. The van der Waals surface area contributed by atoms with E-state index in [1.165, 1.54) is 0 Å². The van der Waals surface area contributed by atoms with Crippen molar-refractivity contribution in [2.45, 2.75) is 39.9 Å². The van der Waals surface area contributed by atoms with Crippen LogP contribution >= 0.6 is 0 Å². The van der Waals surface area contributed by atoms with Crippen molar-refractivity contribution in [2.24, 2.45) is 0 Å². The molecule has 0 unspecified atom stereocenters. The molecule has 0 bridgehead atoms. The Morgan fingerprint density at radius 1 is 1.23 bits per heavy atom. The predicted octanol–water partition coefficient (Wildman–Crippen LogP) is 1.65. The molecule has 0 amide bonds. The van der Waals surface area contributed by atoms with Crippen molar-refractivity contribution in [1.29, 1.82) is 0 Å². The fourth-order valence-electron chi connectivity index (χ4n) is 3.02. The van der Waals surface area contributed by atoms with Gasteiger partial charge >= 0.3 is 0 Å². The summed E-state index contributed by atoms with van der Waals surface area (Å²) >= 11 is 0. The molecule has 0 radical (unpaired) electrons. The summed E-state index contributed by atoms with van der Waals surface area (Å²) in [4.78, 5) is 13.5. The van der Waals surface area contributed by atoms with E-state index >= 15 is 0 Å². The van der Waals surface area contributed by atoms with Gasteiger partial charge in [-0.1, -0.05) is 0 Å². The van der Waals surface area contributed by atoms with Crippen LogP contribution in [0.2, 0.25) is 0 Å². The van der Waals surface area contributed by atoms with E-state index in [-0.39, 0.29) is 0 Å². The Labute approximate surface area is 133 Å². The molecule has 1 aliphatic rings. The highest BCUT2D eigenvalue weighted by atomic mass is 16.5. The summed E-state index contributed by atoms with van der Waals surface area (Å²) in [7, 11) is 3.72. The SMILES string of the molecule is COc1nc(C)nc(N(C)CCN2C[C@@H](C)O[C@@H](C)C2)c1C. The molecule has 1 aliphatic heterocycles. The zero-order valence-electron chi connectivity index (χ0n) is 14.6. The number of aryl methyl sites for hydroxylation is 1. The average Bonchev–Trinajstić information content (AvgIpc) is 2.45. The second-order valence-corrected chi connectivity index (χ2v) is 6.17. The topological polar surface area (TPSA) is 50.7 Å². The number of anilines is 1. The maximum absolute atomic E-state index is 5.78. The normalized spacial score (nSPS) is 22.6. The molecule has 124 valence electrons. The number of aromatic nitrogens is 2. The van der Waals surface area contributed by atoms with Gasteiger partial charge in [-0.2, -0.15) is 4.98 Å². The molecule has 0 aliphatic carbocycles. The standard InChI is InChI=1S/C16H28N4O2/c1-11-9-20(10-12(2)22-11)8-7-19(5)15-13(3)16(21-6)18-14(4)17-15/h11-12H,7-10H2,1-6H3/t11-,12+. The molecule has 2 atom stereocenters. The number of methoxy groups -OCH3 is 1. The number of likely N-dealkylation sites (N-methyl/N-ethyl adjacent to an activating group) is 1. The summed E-state index contributed by atoms with van der Waals surface area (Å²) in [5.74, 6) is 2.33. The largest absolute Gasteiger partial charge is 0.481 e. The van der Waals surface area contributed by atoms with Crippen LogP contribution in [0, 0.1) is 13.8 Å². The lowest BCUT2D eigenvalue weighted by molar-refractivity contribution is -0.0670. The maximum Gasteiger partial charge on any atom is 0.221 e. The molecule has 1 fully saturated rings. The third-order valence-corrected chi connectivity index (χ3v) is 3.99. The molecular weight excluding hydrogens is 280 g/mol. The van der Waals surface area contributed by atoms with E-state index in [2.05, 4.69) is 40.7 Å². The van der Waals surface area contributed by atoms with E-state index in [9.17, 15) is 0 Å². The molecule has 0 spiro atoms. The third kappa shape index (κ3) is 4.08. The van der Waals surface area contributed by atoms with Crippen LogP contribution in [0.4, 0.5) is 5.82 Å². The van der Waals surface area contributed by atoms with Crippen molar-refractivity contribution in [2.75, 3.05) is 45.2 Å². The molecule has 1 aromatic rings. The Hall–Kier alpha value is -1.40. The minimum absolute atomic E-state index is 0.303. The summed E-state index contributed by atoms with van der Waals surface area (Å²) in [5.41, 5.74) is 0.985. The Balaban J connectivity index is 2.00. The first kappa shape index (κ1) is 17.0. The first-order valence-corrected chi connectivity index (χ1v) is 7.89. The zero-order chi connectivity index (χ0) is 16.3. The van der Waals surface area contributed by atoms with Crippen LogP contribution in [0.3, 0.4) is 0 Å². The highest BCUT2D eigenvalue weighted by Gasteiger charge is 2.22. The Morgan fingerprint density at radius 3 is 2.45 bits per heavy atom. The van der Waals surface area contributed by atoms with Gasteiger partial charge < -0.3 is 14.4 Å². The van der Waals surface area contributed by atoms with Crippen LogP contribution in [0.25, 0.3) is 0 Å². The number of rotatable bonds is 5. The first-order chi connectivity index (χ1) is 10.4. The molecular formula is C16H28N4O2.